The van der Waals surface area contributed by atoms with Crippen LogP contribution in [0, 0.1) is 17.6 Å². The topological polar surface area (TPSA) is 47.9 Å². The van der Waals surface area contributed by atoms with Gasteiger partial charge in [-0.15, -0.1) is 0 Å². The molecule has 4 nitrogen and oxygen atoms in total. The fraction of sp³-hybridized carbons (Fsp3) is 0.562. The van der Waals surface area contributed by atoms with E-state index in [-0.39, 0.29) is 28.0 Å². The van der Waals surface area contributed by atoms with E-state index >= 15 is 0 Å². The van der Waals surface area contributed by atoms with Crippen LogP contribution < -0.4 is 5.48 Å². The highest BCUT2D eigenvalue weighted by atomic mass is 35.5. The van der Waals surface area contributed by atoms with E-state index in [1.165, 1.54) is 12.1 Å². The average Bonchev–Trinajstić information content (AvgIpc) is 2.54. The molecule has 0 spiro atoms. The minimum absolute atomic E-state index is 0.0649. The number of nitrogens with one attached hydrogen (secondary N) is 1. The van der Waals surface area contributed by atoms with Gasteiger partial charge in [0, 0.05) is 5.54 Å². The van der Waals surface area contributed by atoms with Crippen LogP contribution in [0.2, 0.25) is 5.02 Å². The molecule has 0 amide bonds. The van der Waals surface area contributed by atoms with Crippen LogP contribution >= 0.6 is 11.6 Å². The van der Waals surface area contributed by atoms with Gasteiger partial charge in [0.1, 0.15) is 0 Å². The second-order valence-electron chi connectivity index (χ2n) is 6.74. The summed E-state index contributed by atoms with van der Waals surface area (Å²) >= 11 is 5.58. The van der Waals surface area contributed by atoms with Crippen LogP contribution in [0.1, 0.15) is 32.3 Å². The first kappa shape index (κ1) is 16.6. The summed E-state index contributed by atoms with van der Waals surface area (Å²) in [5, 5.41) is 9.12. The molecule has 0 aromatic heterocycles. The van der Waals surface area contributed by atoms with Gasteiger partial charge in [0.15, 0.2) is 17.5 Å². The van der Waals surface area contributed by atoms with Gasteiger partial charge in [-0.2, -0.15) is 0 Å². The Labute approximate surface area is 139 Å². The molecule has 0 unspecified atom stereocenters. The highest BCUT2D eigenvalue weighted by Gasteiger charge is 2.47. The number of halogens is 3. The summed E-state index contributed by atoms with van der Waals surface area (Å²) in [6.45, 7) is 6.24. The zero-order valence-corrected chi connectivity index (χ0v) is 13.9. The molecule has 1 aromatic rings. The van der Waals surface area contributed by atoms with E-state index in [2.05, 4.69) is 23.7 Å². The Morgan fingerprint density at radius 2 is 1.96 bits per heavy atom. The number of hydrogen-bond donors (Lipinski definition) is 2. The summed E-state index contributed by atoms with van der Waals surface area (Å²) in [5.74, 6) is -1.94. The van der Waals surface area contributed by atoms with E-state index in [1.807, 2.05) is 5.48 Å². The third-order valence-electron chi connectivity index (χ3n) is 5.19. The van der Waals surface area contributed by atoms with Gasteiger partial charge in [-0.25, -0.2) is 8.78 Å². The van der Waals surface area contributed by atoms with Crippen molar-refractivity contribution in [2.75, 3.05) is 13.1 Å². The van der Waals surface area contributed by atoms with Gasteiger partial charge in [0.05, 0.1) is 16.6 Å². The molecule has 7 heteroatoms. The molecule has 0 saturated carbocycles. The van der Waals surface area contributed by atoms with Crippen LogP contribution in [-0.4, -0.2) is 40.6 Å². The van der Waals surface area contributed by atoms with Gasteiger partial charge < -0.3 is 0 Å². The second-order valence-corrected chi connectivity index (χ2v) is 7.14. The van der Waals surface area contributed by atoms with Gasteiger partial charge >= 0.3 is 0 Å². The largest absolute Gasteiger partial charge is 0.296 e. The lowest BCUT2D eigenvalue weighted by Crippen LogP contribution is -2.63. The first-order valence-corrected chi connectivity index (χ1v) is 8.11. The molecule has 0 radical (unpaired) electrons. The summed E-state index contributed by atoms with van der Waals surface area (Å²) < 4.78 is 27.8. The Hall–Kier alpha value is -1.24. The molecule has 3 heterocycles. The Morgan fingerprint density at radius 1 is 1.30 bits per heavy atom. The zero-order valence-electron chi connectivity index (χ0n) is 13.1. The fourth-order valence-corrected chi connectivity index (χ4v) is 3.97. The van der Waals surface area contributed by atoms with E-state index in [0.29, 0.717) is 5.92 Å². The molecule has 4 rings (SSSR count). The van der Waals surface area contributed by atoms with Crippen molar-refractivity contribution in [3.8, 4) is 0 Å². The summed E-state index contributed by atoms with van der Waals surface area (Å²) in [5.41, 5.74) is 1.62. The molecule has 23 heavy (non-hydrogen) atoms. The molecule has 3 aliphatic rings. The normalized spacial score (nSPS) is 29.7. The number of hydroxylamine groups is 1. The molecule has 3 aliphatic heterocycles. The minimum atomic E-state index is -1.14. The number of hydrogen-bond acceptors (Lipinski definition) is 3. The molecular formula is C16H20ClF2N3O. The van der Waals surface area contributed by atoms with Gasteiger partial charge in [-0.3, -0.25) is 20.6 Å². The average molecular weight is 344 g/mol. The lowest BCUT2D eigenvalue weighted by Gasteiger charge is -2.55. The number of piperidine rings is 3. The molecule has 1 aromatic carbocycles. The first-order valence-electron chi connectivity index (χ1n) is 7.73. The molecule has 3 fully saturated rings. The second kappa shape index (κ2) is 6.00. The van der Waals surface area contributed by atoms with Crippen LogP contribution in [-0.2, 0) is 0 Å². The van der Waals surface area contributed by atoms with Crippen molar-refractivity contribution >= 4 is 17.4 Å². The lowest BCUT2D eigenvalue weighted by atomic mass is 9.72. The maximum absolute atomic E-state index is 14.1. The van der Waals surface area contributed by atoms with Gasteiger partial charge in [0.25, 0.3) is 0 Å². The Bertz CT molecular complexity index is 642. The Kier molecular flexibility index (Phi) is 4.33. The van der Waals surface area contributed by atoms with E-state index in [4.69, 9.17) is 11.6 Å². The summed E-state index contributed by atoms with van der Waals surface area (Å²) in [7, 11) is 0. The molecule has 2 N–H and O–H groups in total. The van der Waals surface area contributed by atoms with Crippen molar-refractivity contribution in [2.45, 2.75) is 38.3 Å². The lowest BCUT2D eigenvalue weighted by molar-refractivity contribution is -0.0256. The van der Waals surface area contributed by atoms with Crippen molar-refractivity contribution in [1.29, 1.82) is 0 Å². The molecule has 2 bridgehead atoms. The van der Waals surface area contributed by atoms with Crippen LogP contribution in [0.25, 0.3) is 0 Å². The molecule has 0 aliphatic carbocycles. The van der Waals surface area contributed by atoms with Crippen molar-refractivity contribution in [1.82, 2.24) is 10.4 Å². The quantitative estimate of drug-likeness (QED) is 0.375. The van der Waals surface area contributed by atoms with E-state index in [1.54, 1.807) is 0 Å². The predicted molar refractivity (Wildman–Crippen MR) is 85.0 cm³/mol. The maximum Gasteiger partial charge on any atom is 0.178 e. The van der Waals surface area contributed by atoms with Crippen molar-refractivity contribution in [2.24, 2.45) is 10.9 Å². The van der Waals surface area contributed by atoms with E-state index in [9.17, 15) is 14.0 Å². The van der Waals surface area contributed by atoms with Crippen molar-refractivity contribution < 1.29 is 14.0 Å². The molecular weight excluding hydrogens is 324 g/mol. The number of amidine groups is 1. The smallest absolute Gasteiger partial charge is 0.178 e. The number of fused-ring (bicyclic) bond motifs is 3. The fourth-order valence-electron chi connectivity index (χ4n) is 3.83. The third kappa shape index (κ3) is 2.73. The summed E-state index contributed by atoms with van der Waals surface area (Å²) in [4.78, 5) is 6.91. The van der Waals surface area contributed by atoms with Gasteiger partial charge in [-0.1, -0.05) is 11.6 Å². The van der Waals surface area contributed by atoms with Crippen LogP contribution in [0.4, 0.5) is 8.78 Å². The maximum atomic E-state index is 14.1. The molecule has 1 atom stereocenters. The van der Waals surface area contributed by atoms with Crippen molar-refractivity contribution in [3.05, 3.63) is 34.4 Å². The number of benzene rings is 1. The number of aliphatic imine (C=N–C) groups is 1. The van der Waals surface area contributed by atoms with Crippen LogP contribution in [0.3, 0.4) is 0 Å². The summed E-state index contributed by atoms with van der Waals surface area (Å²) in [6, 6.07) is 2.47. The van der Waals surface area contributed by atoms with Crippen LogP contribution in [0.5, 0.6) is 0 Å². The Balaban J connectivity index is 2.01. The highest BCUT2D eigenvalue weighted by molar-refractivity contribution is 6.30. The highest BCUT2D eigenvalue weighted by Crippen LogP contribution is 2.41. The molecule has 3 saturated heterocycles. The van der Waals surface area contributed by atoms with E-state index < -0.39 is 11.6 Å². The number of rotatable bonds is 2. The zero-order chi connectivity index (χ0) is 16.8. The SMILES string of the molecule is CC1(C)[C@H](N=C(NO)c2ccc(Cl)c(F)c2F)C2CCN1CC2. The summed E-state index contributed by atoms with van der Waals surface area (Å²) in [6.07, 6.45) is 2.04. The predicted octanol–water partition coefficient (Wildman–Crippen LogP) is 3.22. The molecule has 126 valence electrons. The number of nitrogens with zero attached hydrogens (tertiary/aromatic N) is 2. The van der Waals surface area contributed by atoms with Crippen LogP contribution in [0.15, 0.2) is 17.1 Å². The van der Waals surface area contributed by atoms with Gasteiger partial charge in [-0.05, 0) is 57.8 Å². The Morgan fingerprint density at radius 3 is 2.52 bits per heavy atom. The minimum Gasteiger partial charge on any atom is -0.296 e. The first-order chi connectivity index (χ1) is 10.9. The van der Waals surface area contributed by atoms with E-state index in [0.717, 1.165) is 25.9 Å². The van der Waals surface area contributed by atoms with Crippen molar-refractivity contribution in [3.63, 3.8) is 0 Å². The monoisotopic (exact) mass is 343 g/mol. The van der Waals surface area contributed by atoms with Gasteiger partial charge in [0.2, 0.25) is 0 Å². The third-order valence-corrected chi connectivity index (χ3v) is 5.48. The standard InChI is InChI=1S/C16H20ClF2N3O/c1-16(2)14(9-5-7-22(16)8-6-9)20-15(21-23)10-3-4-11(17)13(19)12(10)18/h3-4,9,14,23H,5-8H2,1-2H3,(H,20,21)/t14-/m1/s1.